The van der Waals surface area contributed by atoms with Crippen LogP contribution in [0.25, 0.3) is 0 Å². The van der Waals surface area contributed by atoms with E-state index in [4.69, 9.17) is 0 Å². The predicted octanol–water partition coefficient (Wildman–Crippen LogP) is 1.64. The van der Waals surface area contributed by atoms with Crippen molar-refractivity contribution >= 4 is 17.9 Å². The summed E-state index contributed by atoms with van der Waals surface area (Å²) >= 11 is 0. The maximum atomic E-state index is 12.7. The maximum absolute atomic E-state index is 12.7. The molecular formula is C21H24N2O3. The van der Waals surface area contributed by atoms with Gasteiger partial charge in [0.2, 0.25) is 5.91 Å². The molecule has 5 unspecified atom stereocenters. The van der Waals surface area contributed by atoms with Crippen LogP contribution in [0.5, 0.6) is 0 Å². The number of allylic oxidation sites excluding steroid dienone is 1. The summed E-state index contributed by atoms with van der Waals surface area (Å²) in [4.78, 5) is 29.2. The molecule has 0 radical (unpaired) electrons. The Bertz CT molecular complexity index is 849. The molecule has 4 aliphatic rings. The minimum Gasteiger partial charge on any atom is -0.380 e. The first-order valence-electron chi connectivity index (χ1n) is 9.46. The first-order chi connectivity index (χ1) is 12.5. The molecular weight excluding hydrogens is 328 g/mol. The molecule has 3 fully saturated rings. The SMILES string of the molecule is CC=C1CN2CCC34c5ccccc5N(C(C)=O)C3C(O)(C=O)C1CC24. The fraction of sp³-hybridized carbons (Fsp3) is 0.524. The van der Waals surface area contributed by atoms with Gasteiger partial charge in [-0.25, -0.2) is 0 Å². The van der Waals surface area contributed by atoms with E-state index in [1.807, 2.05) is 31.2 Å². The minimum atomic E-state index is -1.56. The predicted molar refractivity (Wildman–Crippen MR) is 97.9 cm³/mol. The van der Waals surface area contributed by atoms with E-state index in [9.17, 15) is 14.7 Å². The van der Waals surface area contributed by atoms with Gasteiger partial charge in [-0.2, -0.15) is 0 Å². The molecule has 1 saturated carbocycles. The van der Waals surface area contributed by atoms with Gasteiger partial charge in [0.1, 0.15) is 5.60 Å². The van der Waals surface area contributed by atoms with Crippen LogP contribution in [-0.4, -0.2) is 53.0 Å². The van der Waals surface area contributed by atoms with Gasteiger partial charge in [0.15, 0.2) is 6.29 Å². The third-order valence-corrected chi connectivity index (χ3v) is 7.45. The van der Waals surface area contributed by atoms with Crippen LogP contribution < -0.4 is 4.90 Å². The van der Waals surface area contributed by atoms with Crippen LogP contribution in [0.15, 0.2) is 35.9 Å². The van der Waals surface area contributed by atoms with Crippen molar-refractivity contribution in [1.82, 2.24) is 4.90 Å². The summed E-state index contributed by atoms with van der Waals surface area (Å²) in [7, 11) is 0. The van der Waals surface area contributed by atoms with E-state index in [1.54, 1.807) is 4.90 Å². The van der Waals surface area contributed by atoms with Crippen molar-refractivity contribution in [2.75, 3.05) is 18.0 Å². The van der Waals surface area contributed by atoms with Crippen molar-refractivity contribution in [3.63, 3.8) is 0 Å². The maximum Gasteiger partial charge on any atom is 0.224 e. The Hall–Kier alpha value is -1.98. The number of carbonyl (C=O) groups is 2. The molecule has 5 nitrogen and oxygen atoms in total. The van der Waals surface area contributed by atoms with Crippen LogP contribution in [0.2, 0.25) is 0 Å². The van der Waals surface area contributed by atoms with Gasteiger partial charge < -0.3 is 14.8 Å². The lowest BCUT2D eigenvalue weighted by Crippen LogP contribution is -2.73. The third-order valence-electron chi connectivity index (χ3n) is 7.45. The van der Waals surface area contributed by atoms with Crippen LogP contribution in [0.1, 0.15) is 32.3 Å². The number of benzene rings is 1. The number of nitrogens with zero attached hydrogens (tertiary/aromatic N) is 2. The molecule has 5 atom stereocenters. The highest BCUT2D eigenvalue weighted by molar-refractivity contribution is 5.97. The molecule has 1 aromatic rings. The van der Waals surface area contributed by atoms with Crippen molar-refractivity contribution in [2.24, 2.45) is 5.92 Å². The molecule has 5 rings (SSSR count). The van der Waals surface area contributed by atoms with E-state index in [0.717, 1.165) is 49.0 Å². The lowest BCUT2D eigenvalue weighted by Gasteiger charge is -2.58. The average Bonchev–Trinajstić information content (AvgIpc) is 3.19. The Morgan fingerprint density at radius 1 is 1.35 bits per heavy atom. The fourth-order valence-electron chi connectivity index (χ4n) is 6.56. The number of amides is 1. The summed E-state index contributed by atoms with van der Waals surface area (Å²) in [5, 5.41) is 11.7. The van der Waals surface area contributed by atoms with E-state index in [-0.39, 0.29) is 23.3 Å². The second-order valence-corrected chi connectivity index (χ2v) is 8.24. The molecule has 1 spiro atoms. The van der Waals surface area contributed by atoms with E-state index in [0.29, 0.717) is 0 Å². The summed E-state index contributed by atoms with van der Waals surface area (Å²) in [5.74, 6) is -0.335. The normalized spacial score (nSPS) is 41.9. The van der Waals surface area contributed by atoms with Crippen molar-refractivity contribution in [3.05, 3.63) is 41.5 Å². The molecule has 2 bridgehead atoms. The Labute approximate surface area is 153 Å². The molecule has 1 aromatic carbocycles. The first kappa shape index (κ1) is 16.2. The van der Waals surface area contributed by atoms with Gasteiger partial charge in [-0.3, -0.25) is 9.69 Å². The van der Waals surface area contributed by atoms with E-state index >= 15 is 0 Å². The molecule has 2 saturated heterocycles. The average molecular weight is 352 g/mol. The number of rotatable bonds is 1. The van der Waals surface area contributed by atoms with Gasteiger partial charge in [-0.1, -0.05) is 29.8 Å². The van der Waals surface area contributed by atoms with Gasteiger partial charge in [-0.05, 0) is 37.9 Å². The highest BCUT2D eigenvalue weighted by Gasteiger charge is 2.72. The number of fused-ring (bicyclic) bond motifs is 2. The van der Waals surface area contributed by atoms with Crippen molar-refractivity contribution in [2.45, 2.75) is 49.8 Å². The number of anilines is 1. The standard InChI is InChI=1S/C21H24N2O3/c1-3-14-11-22-9-8-20-15-6-4-5-7-17(15)23(13(2)25)19(20)21(26,12-24)16(14)10-18(20)22/h3-7,12,16,18-19,26H,8-11H2,1-2H3. The van der Waals surface area contributed by atoms with E-state index < -0.39 is 11.6 Å². The first-order valence-corrected chi connectivity index (χ1v) is 9.46. The molecule has 26 heavy (non-hydrogen) atoms. The summed E-state index contributed by atoms with van der Waals surface area (Å²) in [6, 6.07) is 7.70. The lowest BCUT2D eigenvalue weighted by molar-refractivity contribution is -0.146. The van der Waals surface area contributed by atoms with Gasteiger partial charge in [0.25, 0.3) is 0 Å². The Kier molecular flexibility index (Phi) is 3.15. The summed E-state index contributed by atoms with van der Waals surface area (Å²) in [6.45, 7) is 5.25. The number of aldehydes is 1. The van der Waals surface area contributed by atoms with Gasteiger partial charge in [0.05, 0.1) is 6.04 Å². The topological polar surface area (TPSA) is 60.9 Å². The second-order valence-electron chi connectivity index (χ2n) is 8.24. The Morgan fingerprint density at radius 2 is 2.12 bits per heavy atom. The number of hydrogen-bond donors (Lipinski definition) is 1. The zero-order valence-electron chi connectivity index (χ0n) is 15.2. The lowest BCUT2D eigenvalue weighted by atomic mass is 9.54. The van der Waals surface area contributed by atoms with Gasteiger partial charge in [0, 0.05) is 36.5 Å². The summed E-state index contributed by atoms with van der Waals surface area (Å²) in [6.07, 6.45) is 4.40. The zero-order chi connectivity index (χ0) is 18.3. The fourth-order valence-corrected chi connectivity index (χ4v) is 6.56. The molecule has 1 amide bonds. The minimum absolute atomic E-state index is 0.111. The molecule has 3 aliphatic heterocycles. The number of piperidine rings is 1. The molecule has 1 aliphatic carbocycles. The Balaban J connectivity index is 1.83. The molecule has 0 aromatic heterocycles. The van der Waals surface area contributed by atoms with Crippen molar-refractivity contribution in [1.29, 1.82) is 0 Å². The summed E-state index contributed by atoms with van der Waals surface area (Å²) < 4.78 is 0. The molecule has 5 heteroatoms. The van der Waals surface area contributed by atoms with Crippen LogP contribution in [0.4, 0.5) is 5.69 Å². The number of carbonyl (C=O) groups excluding carboxylic acids is 2. The van der Waals surface area contributed by atoms with Gasteiger partial charge in [-0.15, -0.1) is 0 Å². The van der Waals surface area contributed by atoms with E-state index in [2.05, 4.69) is 11.0 Å². The molecule has 1 N–H and O–H groups in total. The van der Waals surface area contributed by atoms with Crippen molar-refractivity contribution < 1.29 is 14.7 Å². The number of hydrogen-bond acceptors (Lipinski definition) is 4. The highest BCUT2D eigenvalue weighted by Crippen LogP contribution is 2.63. The molecule has 136 valence electrons. The monoisotopic (exact) mass is 352 g/mol. The zero-order valence-corrected chi connectivity index (χ0v) is 15.2. The largest absolute Gasteiger partial charge is 0.380 e. The third kappa shape index (κ3) is 1.60. The van der Waals surface area contributed by atoms with Gasteiger partial charge >= 0.3 is 0 Å². The summed E-state index contributed by atoms with van der Waals surface area (Å²) in [5.41, 5.74) is 1.18. The molecule has 3 heterocycles. The number of aliphatic hydroxyl groups is 1. The van der Waals surface area contributed by atoms with Crippen LogP contribution >= 0.6 is 0 Å². The number of para-hydroxylation sites is 1. The van der Waals surface area contributed by atoms with Crippen LogP contribution in [0, 0.1) is 5.92 Å². The van der Waals surface area contributed by atoms with E-state index in [1.165, 1.54) is 6.92 Å². The van der Waals surface area contributed by atoms with Crippen LogP contribution in [0.3, 0.4) is 0 Å². The highest BCUT2D eigenvalue weighted by atomic mass is 16.3. The van der Waals surface area contributed by atoms with Crippen molar-refractivity contribution in [3.8, 4) is 0 Å². The second kappa shape index (κ2) is 5.05. The van der Waals surface area contributed by atoms with Crippen LogP contribution in [-0.2, 0) is 15.0 Å². The Morgan fingerprint density at radius 3 is 2.81 bits per heavy atom. The smallest absolute Gasteiger partial charge is 0.224 e. The quantitative estimate of drug-likeness (QED) is 0.617.